The number of para-hydroxylation sites is 2. The molecule has 0 atom stereocenters. The van der Waals surface area contributed by atoms with E-state index in [2.05, 4.69) is 15.5 Å². The molecule has 1 aromatic heterocycles. The molecule has 1 aliphatic rings. The molecule has 2 heterocycles. The first kappa shape index (κ1) is 21.6. The first-order valence-electron chi connectivity index (χ1n) is 10.7. The highest BCUT2D eigenvalue weighted by Crippen LogP contribution is 2.23. The van der Waals surface area contributed by atoms with Gasteiger partial charge < -0.3 is 19.9 Å². The minimum absolute atomic E-state index is 0.136. The van der Waals surface area contributed by atoms with Gasteiger partial charge in [0.25, 0.3) is 5.91 Å². The van der Waals surface area contributed by atoms with Crippen LogP contribution in [0.2, 0.25) is 0 Å². The maximum absolute atomic E-state index is 13.2. The fraction of sp³-hybridized carbons (Fsp3) is 0.292. The number of anilines is 1. The van der Waals surface area contributed by atoms with Crippen molar-refractivity contribution in [2.75, 3.05) is 44.3 Å². The molecular formula is C24H27N5O3. The second-order valence-corrected chi connectivity index (χ2v) is 7.60. The molecule has 3 aromatic rings. The van der Waals surface area contributed by atoms with E-state index >= 15 is 0 Å². The Balaban J connectivity index is 1.48. The lowest BCUT2D eigenvalue weighted by atomic mass is 10.1. The minimum Gasteiger partial charge on any atom is -0.378 e. The number of carbonyl (C=O) groups excluding carboxylic acids is 2. The quantitative estimate of drug-likeness (QED) is 0.585. The van der Waals surface area contributed by atoms with E-state index in [1.807, 2.05) is 61.5 Å². The standard InChI is InChI=1S/C24H27N5O3/c1-18(23-20-9-5-6-10-21(20)26-27-23)17-22(30)29(19-7-3-2-4-8-19)12-11-25-24(31)28-13-15-32-16-14-28/h2-10,17H,11-16H2,1H3,(H,25,31)(H,26,27)/b18-17+. The molecule has 8 nitrogen and oxygen atoms in total. The van der Waals surface area contributed by atoms with Crippen molar-refractivity contribution in [1.82, 2.24) is 20.4 Å². The third-order valence-electron chi connectivity index (χ3n) is 5.43. The van der Waals surface area contributed by atoms with Gasteiger partial charge in [-0.15, -0.1) is 0 Å². The van der Waals surface area contributed by atoms with Crippen molar-refractivity contribution >= 4 is 34.1 Å². The average Bonchev–Trinajstić information content (AvgIpc) is 3.27. The fourth-order valence-corrected chi connectivity index (χ4v) is 3.72. The second-order valence-electron chi connectivity index (χ2n) is 7.60. The summed E-state index contributed by atoms with van der Waals surface area (Å²) in [5.74, 6) is -0.165. The number of amides is 3. The summed E-state index contributed by atoms with van der Waals surface area (Å²) in [5, 5.41) is 11.3. The maximum Gasteiger partial charge on any atom is 0.317 e. The molecule has 0 unspecified atom stereocenters. The number of carbonyl (C=O) groups is 2. The summed E-state index contributed by atoms with van der Waals surface area (Å²) in [6.45, 7) is 4.82. The lowest BCUT2D eigenvalue weighted by molar-refractivity contribution is -0.114. The van der Waals surface area contributed by atoms with E-state index in [9.17, 15) is 9.59 Å². The molecule has 1 aliphatic heterocycles. The smallest absolute Gasteiger partial charge is 0.317 e. The number of urea groups is 1. The topological polar surface area (TPSA) is 90.6 Å². The monoisotopic (exact) mass is 433 g/mol. The van der Waals surface area contributed by atoms with Crippen LogP contribution >= 0.6 is 0 Å². The lowest BCUT2D eigenvalue weighted by Gasteiger charge is -2.28. The van der Waals surface area contributed by atoms with E-state index in [0.717, 1.165) is 27.9 Å². The van der Waals surface area contributed by atoms with Gasteiger partial charge >= 0.3 is 6.03 Å². The summed E-state index contributed by atoms with van der Waals surface area (Å²) in [6.07, 6.45) is 1.60. The lowest BCUT2D eigenvalue weighted by Crippen LogP contribution is -2.48. The van der Waals surface area contributed by atoms with Gasteiger partial charge in [0, 0.05) is 43.3 Å². The fourth-order valence-electron chi connectivity index (χ4n) is 3.72. The number of benzene rings is 2. The third-order valence-corrected chi connectivity index (χ3v) is 5.43. The Hall–Kier alpha value is -3.65. The molecule has 2 aromatic carbocycles. The third kappa shape index (κ3) is 4.97. The number of rotatable bonds is 6. The van der Waals surface area contributed by atoms with Gasteiger partial charge in [-0.25, -0.2) is 4.79 Å². The Labute approximate surface area is 186 Å². The van der Waals surface area contributed by atoms with Gasteiger partial charge in [-0.1, -0.05) is 36.4 Å². The number of hydrogen-bond acceptors (Lipinski definition) is 4. The maximum atomic E-state index is 13.2. The number of nitrogens with zero attached hydrogens (tertiary/aromatic N) is 3. The van der Waals surface area contributed by atoms with Crippen LogP contribution in [0.15, 0.2) is 60.7 Å². The molecule has 0 bridgehead atoms. The number of aromatic nitrogens is 2. The molecule has 3 amide bonds. The number of H-pyrrole nitrogens is 1. The summed E-state index contributed by atoms with van der Waals surface area (Å²) >= 11 is 0. The molecule has 8 heteroatoms. The van der Waals surface area contributed by atoms with Crippen molar-refractivity contribution < 1.29 is 14.3 Å². The largest absolute Gasteiger partial charge is 0.378 e. The molecule has 0 saturated carbocycles. The predicted molar refractivity (Wildman–Crippen MR) is 124 cm³/mol. The second kappa shape index (κ2) is 10.1. The molecule has 2 N–H and O–H groups in total. The van der Waals surface area contributed by atoms with Crippen LogP contribution in [-0.4, -0.2) is 66.4 Å². The van der Waals surface area contributed by atoms with Crippen molar-refractivity contribution in [1.29, 1.82) is 0 Å². The van der Waals surface area contributed by atoms with Crippen molar-refractivity contribution in [3.63, 3.8) is 0 Å². The van der Waals surface area contributed by atoms with E-state index in [1.165, 1.54) is 0 Å². The van der Waals surface area contributed by atoms with Crippen LogP contribution in [0.4, 0.5) is 10.5 Å². The number of allylic oxidation sites excluding steroid dienone is 1. The summed E-state index contributed by atoms with van der Waals surface area (Å²) in [4.78, 5) is 29.0. The Morgan fingerprint density at radius 2 is 1.84 bits per heavy atom. The van der Waals surface area contributed by atoms with Crippen LogP contribution < -0.4 is 10.2 Å². The number of morpholine rings is 1. The molecule has 0 aliphatic carbocycles. The van der Waals surface area contributed by atoms with Gasteiger partial charge in [-0.05, 0) is 30.7 Å². The number of ether oxygens (including phenoxy) is 1. The summed E-state index contributed by atoms with van der Waals surface area (Å²) in [7, 11) is 0. The Bertz CT molecular complexity index is 1100. The summed E-state index contributed by atoms with van der Waals surface area (Å²) in [5.41, 5.74) is 3.22. The Kier molecular flexibility index (Phi) is 6.81. The van der Waals surface area contributed by atoms with Crippen molar-refractivity contribution in [2.45, 2.75) is 6.92 Å². The zero-order chi connectivity index (χ0) is 22.3. The average molecular weight is 434 g/mol. The zero-order valence-corrected chi connectivity index (χ0v) is 18.1. The predicted octanol–water partition coefficient (Wildman–Crippen LogP) is 3.04. The van der Waals surface area contributed by atoms with Gasteiger partial charge in [-0.3, -0.25) is 9.89 Å². The van der Waals surface area contributed by atoms with E-state index in [0.29, 0.717) is 39.4 Å². The first-order valence-corrected chi connectivity index (χ1v) is 10.7. The number of nitrogens with one attached hydrogen (secondary N) is 2. The van der Waals surface area contributed by atoms with Crippen LogP contribution in [-0.2, 0) is 9.53 Å². The van der Waals surface area contributed by atoms with Gasteiger partial charge in [0.2, 0.25) is 0 Å². The zero-order valence-electron chi connectivity index (χ0n) is 18.1. The molecule has 1 fully saturated rings. The van der Waals surface area contributed by atoms with Gasteiger partial charge in [0.05, 0.1) is 24.4 Å². The minimum atomic E-state index is -0.165. The molecule has 0 spiro atoms. The SMILES string of the molecule is C/C(=C\C(=O)N(CCNC(=O)N1CCOCC1)c1ccccc1)c1n[nH]c2ccccc12. The van der Waals surface area contributed by atoms with Gasteiger partial charge in [0.15, 0.2) is 0 Å². The van der Waals surface area contributed by atoms with Crippen LogP contribution in [0.25, 0.3) is 16.5 Å². The van der Waals surface area contributed by atoms with Crippen molar-refractivity contribution in [3.8, 4) is 0 Å². The van der Waals surface area contributed by atoms with Gasteiger partial charge in [-0.2, -0.15) is 5.10 Å². The van der Waals surface area contributed by atoms with E-state index in [1.54, 1.807) is 15.9 Å². The highest BCUT2D eigenvalue weighted by Gasteiger charge is 2.19. The Morgan fingerprint density at radius 1 is 1.12 bits per heavy atom. The number of hydrogen-bond donors (Lipinski definition) is 2. The molecule has 4 rings (SSSR count). The molecular weight excluding hydrogens is 406 g/mol. The van der Waals surface area contributed by atoms with Gasteiger partial charge in [0.1, 0.15) is 0 Å². The Morgan fingerprint density at radius 3 is 2.62 bits per heavy atom. The van der Waals surface area contributed by atoms with Crippen LogP contribution in [0, 0.1) is 0 Å². The normalized spacial score (nSPS) is 14.4. The molecule has 32 heavy (non-hydrogen) atoms. The van der Waals surface area contributed by atoms with E-state index < -0.39 is 0 Å². The molecule has 1 saturated heterocycles. The highest BCUT2D eigenvalue weighted by atomic mass is 16.5. The highest BCUT2D eigenvalue weighted by molar-refractivity contribution is 6.07. The number of fused-ring (bicyclic) bond motifs is 1. The molecule has 0 radical (unpaired) electrons. The van der Waals surface area contributed by atoms with Crippen LogP contribution in [0.5, 0.6) is 0 Å². The summed E-state index contributed by atoms with van der Waals surface area (Å²) < 4.78 is 5.29. The number of aromatic amines is 1. The first-order chi connectivity index (χ1) is 15.6. The van der Waals surface area contributed by atoms with E-state index in [4.69, 9.17) is 4.74 Å². The van der Waals surface area contributed by atoms with Crippen LogP contribution in [0.3, 0.4) is 0 Å². The molecule has 166 valence electrons. The van der Waals surface area contributed by atoms with Crippen LogP contribution in [0.1, 0.15) is 12.6 Å². The van der Waals surface area contributed by atoms with Crippen molar-refractivity contribution in [2.24, 2.45) is 0 Å². The van der Waals surface area contributed by atoms with E-state index in [-0.39, 0.29) is 11.9 Å². The summed E-state index contributed by atoms with van der Waals surface area (Å²) in [6, 6.07) is 17.1. The van der Waals surface area contributed by atoms with Crippen molar-refractivity contribution in [3.05, 3.63) is 66.4 Å².